The number of pyridine rings is 1. The highest BCUT2D eigenvalue weighted by atomic mass is 19.4. The Morgan fingerprint density at radius 2 is 1.76 bits per heavy atom. The van der Waals surface area contributed by atoms with Gasteiger partial charge in [0, 0.05) is 63.8 Å². The average Bonchev–Trinajstić information content (AvgIpc) is 3.09. The van der Waals surface area contributed by atoms with Gasteiger partial charge in [-0.3, -0.25) is 19.4 Å². The van der Waals surface area contributed by atoms with Crippen LogP contribution in [0.3, 0.4) is 0 Å². The van der Waals surface area contributed by atoms with E-state index in [0.717, 1.165) is 17.7 Å². The lowest BCUT2D eigenvalue weighted by Gasteiger charge is -2.27. The second kappa shape index (κ2) is 14.3. The molecule has 0 bridgehead atoms. The minimum Gasteiger partial charge on any atom is -0.494 e. The number of halogens is 3. The third kappa shape index (κ3) is 7.67. The molecule has 246 valence electrons. The highest BCUT2D eigenvalue weighted by Crippen LogP contribution is 2.40. The van der Waals surface area contributed by atoms with Gasteiger partial charge in [-0.25, -0.2) is 0 Å². The van der Waals surface area contributed by atoms with Crippen LogP contribution in [0.25, 0.3) is 0 Å². The molecule has 1 aliphatic heterocycles. The molecule has 46 heavy (non-hydrogen) atoms. The lowest BCUT2D eigenvalue weighted by atomic mass is 9.90. The number of fused-ring (bicyclic) bond motifs is 1. The third-order valence-corrected chi connectivity index (χ3v) is 8.17. The zero-order valence-electron chi connectivity index (χ0n) is 26.7. The van der Waals surface area contributed by atoms with Crippen LogP contribution in [-0.2, 0) is 15.8 Å². The molecule has 1 atom stereocenters. The number of anilines is 2. The molecule has 2 aromatic carbocycles. The first kappa shape index (κ1) is 34.4. The minimum absolute atomic E-state index is 0.0220. The second-order valence-corrected chi connectivity index (χ2v) is 11.8. The molecule has 0 radical (unpaired) electrons. The summed E-state index contributed by atoms with van der Waals surface area (Å²) >= 11 is 0. The Morgan fingerprint density at radius 3 is 2.43 bits per heavy atom. The fourth-order valence-electron chi connectivity index (χ4n) is 5.49. The Balaban J connectivity index is 1.36. The Hall–Kier alpha value is -4.45. The predicted octanol–water partition coefficient (Wildman–Crippen LogP) is 5.72. The molecule has 2 heterocycles. The van der Waals surface area contributed by atoms with Gasteiger partial charge in [-0.1, -0.05) is 6.07 Å². The van der Waals surface area contributed by atoms with E-state index in [1.807, 2.05) is 19.1 Å². The maximum absolute atomic E-state index is 13.1. The molecule has 1 unspecified atom stereocenters. The summed E-state index contributed by atoms with van der Waals surface area (Å²) in [6, 6.07) is 13.5. The van der Waals surface area contributed by atoms with E-state index in [0.29, 0.717) is 49.7 Å². The number of carbonyl (C=O) groups excluding carboxylic acids is 3. The Kier molecular flexibility index (Phi) is 10.7. The fraction of sp³-hybridized carbons (Fsp3) is 0.412. The third-order valence-electron chi connectivity index (χ3n) is 8.17. The molecule has 1 aliphatic rings. The molecular weight excluding hydrogens is 599 g/mol. The highest BCUT2D eigenvalue weighted by Gasteiger charge is 2.45. The van der Waals surface area contributed by atoms with Crippen LogP contribution in [0, 0.1) is 5.41 Å². The largest absolute Gasteiger partial charge is 0.494 e. The SMILES string of the molecule is CCN1C(=O)C(C)(C)C(=O)N(C)c2cc(OCCCC(NCCN(C)C(=O)c3cccc(C(F)(F)F)c3)c3ccncc3)ccc21. The normalized spacial score (nSPS) is 15.3. The quantitative estimate of drug-likeness (QED) is 0.201. The molecule has 0 saturated heterocycles. The van der Waals surface area contributed by atoms with E-state index >= 15 is 0 Å². The van der Waals surface area contributed by atoms with Crippen molar-refractivity contribution in [2.24, 2.45) is 5.41 Å². The van der Waals surface area contributed by atoms with E-state index in [4.69, 9.17) is 4.74 Å². The van der Waals surface area contributed by atoms with Gasteiger partial charge in [-0.2, -0.15) is 13.2 Å². The van der Waals surface area contributed by atoms with E-state index in [2.05, 4.69) is 10.3 Å². The summed E-state index contributed by atoms with van der Waals surface area (Å²) in [7, 11) is 3.22. The molecular formula is C34H40F3N5O4. The summed E-state index contributed by atoms with van der Waals surface area (Å²) in [5.74, 6) is -0.463. The Morgan fingerprint density at radius 1 is 1.04 bits per heavy atom. The van der Waals surface area contributed by atoms with Gasteiger partial charge in [0.25, 0.3) is 5.91 Å². The predicted molar refractivity (Wildman–Crippen MR) is 170 cm³/mol. The smallest absolute Gasteiger partial charge is 0.416 e. The number of amides is 3. The zero-order valence-corrected chi connectivity index (χ0v) is 26.7. The molecule has 0 fully saturated rings. The zero-order chi connectivity index (χ0) is 33.6. The van der Waals surface area contributed by atoms with Crippen molar-refractivity contribution in [2.45, 2.75) is 45.8 Å². The van der Waals surface area contributed by atoms with Crippen LogP contribution in [0.4, 0.5) is 24.5 Å². The van der Waals surface area contributed by atoms with Crippen molar-refractivity contribution in [3.8, 4) is 5.75 Å². The number of nitrogens with one attached hydrogen (secondary N) is 1. The number of nitrogens with zero attached hydrogens (tertiary/aromatic N) is 4. The van der Waals surface area contributed by atoms with Crippen molar-refractivity contribution in [1.82, 2.24) is 15.2 Å². The van der Waals surface area contributed by atoms with Crippen LogP contribution in [0.15, 0.2) is 67.0 Å². The van der Waals surface area contributed by atoms with Crippen LogP contribution in [-0.4, -0.2) is 67.9 Å². The lowest BCUT2D eigenvalue weighted by molar-refractivity contribution is -0.138. The number of carbonyl (C=O) groups is 3. The summed E-state index contributed by atoms with van der Waals surface area (Å²) in [5.41, 5.74) is 0.173. The topological polar surface area (TPSA) is 95.1 Å². The molecule has 3 aromatic rings. The van der Waals surface area contributed by atoms with Crippen molar-refractivity contribution < 1.29 is 32.3 Å². The maximum Gasteiger partial charge on any atom is 0.416 e. The van der Waals surface area contributed by atoms with E-state index in [-0.39, 0.29) is 30.0 Å². The summed E-state index contributed by atoms with van der Waals surface area (Å²) in [5, 5.41) is 3.45. The fourth-order valence-corrected chi connectivity index (χ4v) is 5.49. The number of alkyl halides is 3. The number of benzene rings is 2. The van der Waals surface area contributed by atoms with Gasteiger partial charge in [-0.05, 0) is 81.6 Å². The van der Waals surface area contributed by atoms with E-state index in [9.17, 15) is 27.6 Å². The first-order chi connectivity index (χ1) is 21.8. The van der Waals surface area contributed by atoms with Crippen molar-refractivity contribution in [3.63, 3.8) is 0 Å². The number of hydrogen-bond acceptors (Lipinski definition) is 6. The van der Waals surface area contributed by atoms with Gasteiger partial charge >= 0.3 is 6.18 Å². The monoisotopic (exact) mass is 639 g/mol. The van der Waals surface area contributed by atoms with Crippen molar-refractivity contribution >= 4 is 29.1 Å². The molecule has 12 heteroatoms. The summed E-state index contributed by atoms with van der Waals surface area (Å²) in [4.78, 5) is 47.7. The van der Waals surface area contributed by atoms with Gasteiger partial charge in [0.2, 0.25) is 11.8 Å². The van der Waals surface area contributed by atoms with Gasteiger partial charge < -0.3 is 24.8 Å². The first-order valence-electron chi connectivity index (χ1n) is 15.2. The summed E-state index contributed by atoms with van der Waals surface area (Å²) < 4.78 is 45.4. The number of likely N-dealkylation sites (N-methyl/N-ethyl adjacent to an activating group) is 1. The number of ether oxygens (including phenoxy) is 1. The maximum atomic E-state index is 13.1. The average molecular weight is 640 g/mol. The van der Waals surface area contributed by atoms with E-state index in [1.165, 1.54) is 21.9 Å². The molecule has 9 nitrogen and oxygen atoms in total. The van der Waals surface area contributed by atoms with Gasteiger partial charge in [0.15, 0.2) is 0 Å². The van der Waals surface area contributed by atoms with Gasteiger partial charge in [0.1, 0.15) is 11.2 Å². The minimum atomic E-state index is -4.53. The van der Waals surface area contributed by atoms with Crippen LogP contribution >= 0.6 is 0 Å². The summed E-state index contributed by atoms with van der Waals surface area (Å²) in [6.07, 6.45) is 0.217. The Labute approximate surface area is 267 Å². The number of rotatable bonds is 12. The Bertz CT molecular complexity index is 1550. The molecule has 3 amide bonds. The van der Waals surface area contributed by atoms with Crippen LogP contribution in [0.5, 0.6) is 5.75 Å². The molecule has 0 saturated carbocycles. The van der Waals surface area contributed by atoms with Crippen LogP contribution in [0.2, 0.25) is 0 Å². The van der Waals surface area contributed by atoms with E-state index < -0.39 is 23.1 Å². The number of aromatic nitrogens is 1. The molecule has 1 N–H and O–H groups in total. The molecule has 0 spiro atoms. The van der Waals surface area contributed by atoms with Crippen molar-refractivity contribution in [2.75, 3.05) is 50.1 Å². The van der Waals surface area contributed by atoms with Crippen LogP contribution in [0.1, 0.15) is 61.1 Å². The van der Waals surface area contributed by atoms with Gasteiger partial charge in [0.05, 0.1) is 23.5 Å². The first-order valence-corrected chi connectivity index (χ1v) is 15.2. The lowest BCUT2D eigenvalue weighted by Crippen LogP contribution is -2.47. The van der Waals surface area contributed by atoms with E-state index in [1.54, 1.807) is 63.4 Å². The number of hydrogen-bond donors (Lipinski definition) is 1. The molecule has 0 aliphatic carbocycles. The standard InChI is InChI=1S/C34H40F3N5O4/c1-6-42-28-13-12-26(22-29(28)41(5)31(44)33(2,3)32(42)45)46-20-8-11-27(23-14-16-38-17-15-23)39-18-19-40(4)30(43)24-9-7-10-25(21-24)34(35,36)37/h7,9-10,12-17,21-22,27,39H,6,8,11,18-20H2,1-5H3. The molecule has 1 aromatic heterocycles. The molecule has 4 rings (SSSR count). The van der Waals surface area contributed by atoms with Crippen molar-refractivity contribution in [3.05, 3.63) is 83.7 Å². The second-order valence-electron chi connectivity index (χ2n) is 11.8. The van der Waals surface area contributed by atoms with Crippen LogP contribution < -0.4 is 19.9 Å². The summed E-state index contributed by atoms with van der Waals surface area (Å²) in [6.45, 7) is 6.65. The highest BCUT2D eigenvalue weighted by molar-refractivity contribution is 6.20. The van der Waals surface area contributed by atoms with Gasteiger partial charge in [-0.15, -0.1) is 0 Å². The van der Waals surface area contributed by atoms with Crippen molar-refractivity contribution in [1.29, 1.82) is 0 Å².